The molecule has 0 saturated heterocycles. The number of carbonyl (C=O) groups is 5. The van der Waals surface area contributed by atoms with Gasteiger partial charge in [0.1, 0.15) is 40.7 Å². The Labute approximate surface area is 757 Å². The zero-order valence-corrected chi connectivity index (χ0v) is 70.7. The first kappa shape index (κ1) is 88.3. The highest BCUT2D eigenvalue weighted by atomic mass is 35.5. The molecule has 0 saturated carbocycles. The number of methoxy groups -OCH3 is 1. The number of carbonyl (C=O) groups excluding carboxylic acids is 2. The van der Waals surface area contributed by atoms with Crippen LogP contribution in [0.4, 0.5) is 79.5 Å². The van der Waals surface area contributed by atoms with Crippen LogP contribution in [0.15, 0.2) is 292 Å². The lowest BCUT2D eigenvalue weighted by Crippen LogP contribution is -2.07. The number of Topliss-reactive ketones (excluding diaryl/α,β-unsaturated/α-hetero) is 1. The number of halogens is 8. The number of nitrogens with one attached hydrogen (secondary N) is 5. The Morgan fingerprint density at radius 3 is 1.05 bits per heavy atom. The molecular formula is C99H62Cl3F5N16O9. The number of hydrogen-bond donors (Lipinski definition) is 8. The number of ketones is 1. The molecule has 0 aliphatic carbocycles. The normalized spacial score (nSPS) is 11.0. The van der Waals surface area contributed by atoms with Crippen molar-refractivity contribution in [3.8, 4) is 6.07 Å². The van der Waals surface area contributed by atoms with Crippen LogP contribution in [0.3, 0.4) is 0 Å². The molecule has 0 unspecified atom stereocenters. The van der Waals surface area contributed by atoms with Gasteiger partial charge in [-0.1, -0.05) is 83.3 Å². The molecular weight excluding hydrogens is 1760 g/mol. The molecule has 10 aromatic heterocycles. The Hall–Kier alpha value is -17.1. The van der Waals surface area contributed by atoms with Gasteiger partial charge in [0.2, 0.25) is 0 Å². The van der Waals surface area contributed by atoms with E-state index in [0.29, 0.717) is 93.6 Å². The van der Waals surface area contributed by atoms with E-state index in [1.54, 1.807) is 129 Å². The SMILES string of the molecule is CC(=O)c1ccc2c(c1)nc(Nc1ccc(Cl)cc1)c1ccncc12.COC(=O)c1ccc2c(c1)nc(Nc1cccc(Cl)c1)c1ccncc12.N#Cc1cccc(Nc2nc3cc(C(=O)O)ccc3c3cnccc23)c1.O=C(O)c1ccc2c(c1)nc(Nc1cc(F)cc(F)c1)c1ccncc12.O=C(O)c1ccc2c(c1)nc(Nc1ccc(Cl)c(C(F)(F)F)c1)c1ccncc12. The average molecular weight is 1820 g/mol. The Kier molecular flexibility index (Phi) is 25.6. The topological polar surface area (TPSA) is 368 Å². The van der Waals surface area contributed by atoms with E-state index in [9.17, 15) is 61.2 Å². The van der Waals surface area contributed by atoms with Gasteiger partial charge in [-0.3, -0.25) is 29.7 Å². The molecule has 0 bridgehead atoms. The number of fused-ring (bicyclic) bond motifs is 15. The molecule has 0 atom stereocenters. The van der Waals surface area contributed by atoms with Crippen LogP contribution < -0.4 is 26.6 Å². The molecule has 33 heteroatoms. The van der Waals surface area contributed by atoms with Gasteiger partial charge >= 0.3 is 30.1 Å². The summed E-state index contributed by atoms with van der Waals surface area (Å²) >= 11 is 17.7. The van der Waals surface area contributed by atoms with Crippen molar-refractivity contribution in [2.75, 3.05) is 33.7 Å². The molecule has 0 aliphatic rings. The van der Waals surface area contributed by atoms with E-state index in [-0.39, 0.29) is 39.7 Å². The van der Waals surface area contributed by atoms with Crippen LogP contribution in [0, 0.1) is 23.0 Å². The van der Waals surface area contributed by atoms with Gasteiger partial charge in [0.05, 0.1) is 79.2 Å². The highest BCUT2D eigenvalue weighted by Crippen LogP contribution is 2.41. The fourth-order valence-corrected chi connectivity index (χ4v) is 15.0. The van der Waals surface area contributed by atoms with Crippen molar-refractivity contribution in [2.24, 2.45) is 0 Å². The molecule has 0 fully saturated rings. The molecule has 20 aromatic rings. The summed E-state index contributed by atoms with van der Waals surface area (Å²) in [7, 11) is 1.36. The summed E-state index contributed by atoms with van der Waals surface area (Å²) in [4.78, 5) is 101. The first-order valence-electron chi connectivity index (χ1n) is 39.5. The minimum Gasteiger partial charge on any atom is -0.478 e. The van der Waals surface area contributed by atoms with E-state index >= 15 is 0 Å². The minimum absolute atomic E-state index is 0.0159. The van der Waals surface area contributed by atoms with Gasteiger partial charge in [-0.15, -0.1) is 0 Å². The van der Waals surface area contributed by atoms with Gasteiger partial charge in [-0.2, -0.15) is 18.4 Å². The number of nitriles is 1. The van der Waals surface area contributed by atoms with Crippen molar-refractivity contribution in [2.45, 2.75) is 13.1 Å². The summed E-state index contributed by atoms with van der Waals surface area (Å²) in [6, 6.07) is 64.5. The monoisotopic (exact) mass is 1820 g/mol. The van der Waals surface area contributed by atoms with Crippen molar-refractivity contribution in [1.82, 2.24) is 49.8 Å². The predicted octanol–water partition coefficient (Wildman–Crippen LogP) is 24.8. The number of ether oxygens (including phenoxy) is 1. The third-order valence-corrected chi connectivity index (χ3v) is 21.5. The number of anilines is 10. The molecule has 10 heterocycles. The van der Waals surface area contributed by atoms with Crippen LogP contribution in [0.1, 0.15) is 69.8 Å². The number of aromatic nitrogens is 10. The molecule has 25 nitrogen and oxygen atoms in total. The fourth-order valence-electron chi connectivity index (χ4n) is 14.5. The second-order valence-electron chi connectivity index (χ2n) is 29.2. The number of pyridine rings is 10. The minimum atomic E-state index is -4.60. The van der Waals surface area contributed by atoms with E-state index in [1.807, 2.05) is 103 Å². The van der Waals surface area contributed by atoms with Crippen molar-refractivity contribution in [1.29, 1.82) is 5.26 Å². The first-order valence-corrected chi connectivity index (χ1v) is 40.7. The summed E-state index contributed by atoms with van der Waals surface area (Å²) in [5.41, 5.74) is 6.54. The standard InChI is InChI=1S/C20H11ClF3N3O2.C20H14ClN3O2.C20H14ClN3O.C20H12N4O2.C19H11F2N3O2/c21-16-4-2-11(8-15(16)20(22,23)24)26-18-13-5-6-25-9-14(13)12-3-1-10(19(28)29)7-17(12)27-18;1-26-20(25)12-5-6-15-17-11-22-8-7-16(17)19(24-18(15)9-12)23-14-4-2-3-13(21)10-14;1-12(25)13-2-7-16-18-11-22-9-8-17(18)20(24-19(16)10-13)23-15-5-3-14(21)4-6-15;21-10-12-2-1-3-14(8-12)23-19-16-6-7-22-11-17(16)15-5-4-13(20(25)26)9-18(15)24-19;20-11-6-12(21)8-13(7-11)23-18-15-3-4-22-9-16(15)14-2-1-10(19(25)26)5-17(14)24-18/h1-9H,(H,26,27)(H,28,29);2-11H,1H3,(H,23,24);2-11H,1H3,(H,23,24);1-9,11H,(H,23,24)(H,25,26);1-9H,(H,23,24)(H,25,26). The molecule has 0 spiro atoms. The lowest BCUT2D eigenvalue weighted by atomic mass is 10.0. The van der Waals surface area contributed by atoms with Gasteiger partial charge in [-0.25, -0.2) is 52.9 Å². The molecule has 648 valence electrons. The number of hydrogen-bond acceptors (Lipinski definition) is 22. The highest BCUT2D eigenvalue weighted by Gasteiger charge is 2.34. The van der Waals surface area contributed by atoms with Crippen LogP contribution in [-0.2, 0) is 10.9 Å². The molecule has 132 heavy (non-hydrogen) atoms. The number of esters is 1. The molecule has 0 amide bonds. The second kappa shape index (κ2) is 38.2. The fraction of sp³-hybridized carbons (Fsp3) is 0.0303. The predicted molar refractivity (Wildman–Crippen MR) is 501 cm³/mol. The molecule has 10 aromatic carbocycles. The Bertz CT molecular complexity index is 8080. The lowest BCUT2D eigenvalue weighted by Gasteiger charge is -2.14. The summed E-state index contributed by atoms with van der Waals surface area (Å²) in [5, 5.41) is 65.7. The third-order valence-electron chi connectivity index (χ3n) is 20.7. The van der Waals surface area contributed by atoms with Crippen molar-refractivity contribution < 1.29 is 66.0 Å². The maximum absolute atomic E-state index is 13.5. The maximum Gasteiger partial charge on any atom is 0.417 e. The van der Waals surface area contributed by atoms with Gasteiger partial charge in [0, 0.05) is 193 Å². The average Bonchev–Trinajstić information content (AvgIpc) is 0.784. The van der Waals surface area contributed by atoms with E-state index in [4.69, 9.17) is 54.8 Å². The smallest absolute Gasteiger partial charge is 0.417 e. The maximum atomic E-state index is 13.5. The molecule has 0 radical (unpaired) electrons. The number of carboxylic acid groups (broad SMARTS) is 3. The van der Waals surface area contributed by atoms with Crippen LogP contribution in [-0.4, -0.2) is 102 Å². The molecule has 20 rings (SSSR count). The van der Waals surface area contributed by atoms with Gasteiger partial charge in [0.25, 0.3) is 0 Å². The van der Waals surface area contributed by atoms with Crippen LogP contribution >= 0.6 is 34.8 Å². The molecule has 8 N–H and O–H groups in total. The van der Waals surface area contributed by atoms with Crippen molar-refractivity contribution in [3.63, 3.8) is 0 Å². The largest absolute Gasteiger partial charge is 0.478 e. The van der Waals surface area contributed by atoms with E-state index in [2.05, 4.69) is 72.5 Å². The van der Waals surface area contributed by atoms with Gasteiger partial charge < -0.3 is 46.6 Å². The first-order chi connectivity index (χ1) is 63.7. The Balaban J connectivity index is 0.000000120. The number of rotatable bonds is 15. The van der Waals surface area contributed by atoms with Gasteiger partial charge in [-0.05, 0) is 183 Å². The summed E-state index contributed by atoms with van der Waals surface area (Å²) in [5.74, 6) is -2.42. The quantitative estimate of drug-likeness (QED) is 0.0204. The van der Waals surface area contributed by atoms with Crippen LogP contribution in [0.25, 0.3) is 108 Å². The number of benzene rings is 10. The van der Waals surface area contributed by atoms with E-state index in [0.717, 1.165) is 112 Å². The highest BCUT2D eigenvalue weighted by molar-refractivity contribution is 6.32. The van der Waals surface area contributed by atoms with Gasteiger partial charge in [0.15, 0.2) is 5.78 Å². The molecule has 0 aliphatic heterocycles. The van der Waals surface area contributed by atoms with E-state index < -0.39 is 52.3 Å². The third kappa shape index (κ3) is 19.7. The lowest BCUT2D eigenvalue weighted by molar-refractivity contribution is -0.137. The second-order valence-corrected chi connectivity index (χ2v) is 30.5. The van der Waals surface area contributed by atoms with Crippen molar-refractivity contribution >= 4 is 230 Å². The summed E-state index contributed by atoms with van der Waals surface area (Å²) in [6.07, 6.45) is 12.2. The Morgan fingerprint density at radius 2 is 0.682 bits per heavy atom. The zero-order valence-electron chi connectivity index (χ0n) is 68.4. The Morgan fingerprint density at radius 1 is 0.348 bits per heavy atom. The summed E-state index contributed by atoms with van der Waals surface area (Å²) < 4.78 is 71.2. The number of alkyl halides is 3. The van der Waals surface area contributed by atoms with Crippen LogP contribution in [0.2, 0.25) is 15.1 Å². The van der Waals surface area contributed by atoms with Crippen LogP contribution in [0.5, 0.6) is 0 Å². The number of aromatic carboxylic acids is 3. The summed E-state index contributed by atoms with van der Waals surface area (Å²) in [6.45, 7) is 1.55. The zero-order chi connectivity index (χ0) is 92.6. The number of carboxylic acids is 3. The number of nitrogens with zero attached hydrogens (tertiary/aromatic N) is 11. The van der Waals surface area contributed by atoms with Crippen molar-refractivity contribution in [3.05, 3.63) is 358 Å². The van der Waals surface area contributed by atoms with E-state index in [1.165, 1.54) is 43.6 Å².